The van der Waals surface area contributed by atoms with Gasteiger partial charge in [-0.25, -0.2) is 0 Å². The number of halogens is 1. The van der Waals surface area contributed by atoms with Crippen LogP contribution in [0.5, 0.6) is 11.5 Å². The highest BCUT2D eigenvalue weighted by Crippen LogP contribution is 2.39. The molecule has 38 heavy (non-hydrogen) atoms. The van der Waals surface area contributed by atoms with Crippen molar-refractivity contribution in [3.8, 4) is 11.5 Å². The summed E-state index contributed by atoms with van der Waals surface area (Å²) in [4.78, 5) is 40.8. The highest BCUT2D eigenvalue weighted by atomic mass is 35.5. The largest absolute Gasteiger partial charge is 0.493 e. The molecule has 0 spiro atoms. The van der Waals surface area contributed by atoms with Crippen molar-refractivity contribution in [3.05, 3.63) is 75.7 Å². The average molecular weight is 553 g/mol. The molecule has 2 aliphatic heterocycles. The second-order valence-electron chi connectivity index (χ2n) is 8.77. The molecule has 2 heterocycles. The Labute approximate surface area is 229 Å². The lowest BCUT2D eigenvalue weighted by Gasteiger charge is -2.28. The molecule has 3 aromatic rings. The van der Waals surface area contributed by atoms with E-state index in [1.807, 2.05) is 30.3 Å². The molecule has 3 amide bonds. The first-order valence-corrected chi connectivity index (χ1v) is 13.2. The third-order valence-electron chi connectivity index (χ3n) is 6.28. The van der Waals surface area contributed by atoms with Crippen LogP contribution in [-0.2, 0) is 20.9 Å². The molecule has 0 bridgehead atoms. The van der Waals surface area contributed by atoms with E-state index in [2.05, 4.69) is 12.1 Å². The summed E-state index contributed by atoms with van der Waals surface area (Å²) in [5, 5.41) is 2.07. The monoisotopic (exact) mass is 552 g/mol. The van der Waals surface area contributed by atoms with Crippen LogP contribution in [0.1, 0.15) is 11.1 Å². The van der Waals surface area contributed by atoms with Crippen LogP contribution in [0.25, 0.3) is 16.8 Å². The second kappa shape index (κ2) is 11.5. The number of ether oxygens (including phenoxy) is 3. The first-order valence-electron chi connectivity index (χ1n) is 12.0. The molecule has 5 rings (SSSR count). The van der Waals surface area contributed by atoms with Gasteiger partial charge in [-0.05, 0) is 57.9 Å². The minimum atomic E-state index is -0.520. The molecule has 0 aromatic heterocycles. The molecular formula is C28H25ClN2O6S. The smallest absolute Gasteiger partial charge is 0.294 e. The van der Waals surface area contributed by atoms with E-state index < -0.39 is 11.1 Å². The van der Waals surface area contributed by atoms with Gasteiger partial charge in [-0.15, -0.1) is 0 Å². The Morgan fingerprint density at radius 1 is 1.08 bits per heavy atom. The Balaban J connectivity index is 1.30. The van der Waals surface area contributed by atoms with Gasteiger partial charge in [0.05, 0.1) is 30.3 Å². The van der Waals surface area contributed by atoms with Crippen LogP contribution >= 0.6 is 23.4 Å². The molecule has 0 aliphatic carbocycles. The Morgan fingerprint density at radius 2 is 1.84 bits per heavy atom. The predicted octanol–water partition coefficient (Wildman–Crippen LogP) is 4.98. The zero-order chi connectivity index (χ0) is 26.6. The lowest BCUT2D eigenvalue weighted by molar-refractivity contribution is -0.139. The van der Waals surface area contributed by atoms with E-state index in [9.17, 15) is 14.4 Å². The molecule has 0 atom stereocenters. The highest BCUT2D eigenvalue weighted by molar-refractivity contribution is 8.18. The molecule has 0 N–H and O–H groups in total. The van der Waals surface area contributed by atoms with Crippen molar-refractivity contribution in [2.24, 2.45) is 0 Å². The molecule has 8 nitrogen and oxygen atoms in total. The van der Waals surface area contributed by atoms with Gasteiger partial charge in [0.15, 0.2) is 11.5 Å². The van der Waals surface area contributed by atoms with E-state index in [-0.39, 0.29) is 24.0 Å². The first-order chi connectivity index (χ1) is 18.4. The van der Waals surface area contributed by atoms with Crippen LogP contribution in [0, 0.1) is 0 Å². The summed E-state index contributed by atoms with van der Waals surface area (Å²) in [5.41, 5.74) is 1.54. The minimum Gasteiger partial charge on any atom is -0.493 e. The van der Waals surface area contributed by atoms with Gasteiger partial charge >= 0.3 is 0 Å². The quantitative estimate of drug-likeness (QED) is 0.382. The summed E-state index contributed by atoms with van der Waals surface area (Å²) >= 11 is 7.33. The van der Waals surface area contributed by atoms with Crippen molar-refractivity contribution < 1.29 is 28.6 Å². The van der Waals surface area contributed by atoms with Crippen LogP contribution in [0.2, 0.25) is 5.02 Å². The zero-order valence-electron chi connectivity index (χ0n) is 20.6. The Hall–Kier alpha value is -3.53. The van der Waals surface area contributed by atoms with Crippen molar-refractivity contribution in [3.63, 3.8) is 0 Å². The normalized spacial score (nSPS) is 16.9. The van der Waals surface area contributed by atoms with Crippen LogP contribution in [-0.4, -0.2) is 66.8 Å². The summed E-state index contributed by atoms with van der Waals surface area (Å²) in [6.45, 7) is 1.76. The number of hydrogen-bond donors (Lipinski definition) is 0. The number of thioether (sulfide) groups is 1. The molecule has 0 saturated carbocycles. The van der Waals surface area contributed by atoms with Gasteiger partial charge in [0.2, 0.25) is 5.91 Å². The number of amides is 3. The average Bonchev–Trinajstić information content (AvgIpc) is 3.19. The molecule has 10 heteroatoms. The zero-order valence-corrected chi connectivity index (χ0v) is 22.2. The van der Waals surface area contributed by atoms with Gasteiger partial charge in [-0.2, -0.15) is 0 Å². The van der Waals surface area contributed by atoms with Crippen molar-refractivity contribution in [2.75, 3.05) is 40.0 Å². The Bertz CT molecular complexity index is 1440. The maximum absolute atomic E-state index is 12.9. The number of methoxy groups -OCH3 is 1. The third-order valence-corrected chi connectivity index (χ3v) is 7.47. The van der Waals surface area contributed by atoms with Crippen LogP contribution in [0.4, 0.5) is 4.79 Å². The van der Waals surface area contributed by atoms with Crippen molar-refractivity contribution in [1.82, 2.24) is 9.80 Å². The summed E-state index contributed by atoms with van der Waals surface area (Å²) in [6.07, 6.45) is 1.56. The van der Waals surface area contributed by atoms with Gasteiger partial charge < -0.3 is 19.1 Å². The number of fused-ring (bicyclic) bond motifs is 1. The van der Waals surface area contributed by atoms with E-state index in [1.54, 1.807) is 23.1 Å². The Morgan fingerprint density at radius 3 is 2.61 bits per heavy atom. The van der Waals surface area contributed by atoms with E-state index in [1.165, 1.54) is 7.11 Å². The van der Waals surface area contributed by atoms with E-state index in [0.29, 0.717) is 48.4 Å². The maximum Gasteiger partial charge on any atom is 0.294 e. The van der Waals surface area contributed by atoms with Crippen molar-refractivity contribution in [2.45, 2.75) is 6.61 Å². The highest BCUT2D eigenvalue weighted by Gasteiger charge is 2.37. The molecule has 2 fully saturated rings. The molecule has 3 aromatic carbocycles. The molecule has 2 aliphatic rings. The number of carbonyl (C=O) groups excluding carboxylic acids is 3. The fourth-order valence-electron chi connectivity index (χ4n) is 4.28. The van der Waals surface area contributed by atoms with E-state index in [4.69, 9.17) is 25.8 Å². The number of benzene rings is 3. The Kier molecular flexibility index (Phi) is 7.87. The van der Waals surface area contributed by atoms with Crippen molar-refractivity contribution >= 4 is 57.3 Å². The maximum atomic E-state index is 12.9. The first kappa shape index (κ1) is 26.1. The van der Waals surface area contributed by atoms with Crippen molar-refractivity contribution in [1.29, 1.82) is 0 Å². The summed E-state index contributed by atoms with van der Waals surface area (Å²) in [5.74, 6) is -0.0299. The number of nitrogens with zero attached hydrogens (tertiary/aromatic N) is 2. The van der Waals surface area contributed by atoms with Gasteiger partial charge in [-0.3, -0.25) is 19.3 Å². The van der Waals surface area contributed by atoms with Gasteiger partial charge in [0, 0.05) is 13.1 Å². The number of imide groups is 1. The number of morpholine rings is 1. The van der Waals surface area contributed by atoms with Crippen LogP contribution < -0.4 is 9.47 Å². The summed E-state index contributed by atoms with van der Waals surface area (Å²) in [7, 11) is 1.50. The fourth-order valence-corrected chi connectivity index (χ4v) is 5.39. The van der Waals surface area contributed by atoms with E-state index >= 15 is 0 Å². The topological polar surface area (TPSA) is 85.4 Å². The van der Waals surface area contributed by atoms with Gasteiger partial charge in [0.25, 0.3) is 11.1 Å². The standard InChI is InChI=1S/C28H25ClN2O6S/c1-35-23-14-19(13-22(29)26(23)37-17-18-6-7-20-4-2-3-5-21(20)12-18)15-24-27(33)31(28(34)38-24)16-25(32)30-8-10-36-11-9-30/h2-7,12-15H,8-11,16-17H2,1H3/b24-15+. The molecule has 0 radical (unpaired) electrons. The second-order valence-corrected chi connectivity index (χ2v) is 10.2. The predicted molar refractivity (Wildman–Crippen MR) is 146 cm³/mol. The molecular weight excluding hydrogens is 528 g/mol. The number of carbonyl (C=O) groups is 3. The third kappa shape index (κ3) is 5.65. The van der Waals surface area contributed by atoms with Crippen LogP contribution in [0.15, 0.2) is 59.5 Å². The number of hydrogen-bond acceptors (Lipinski definition) is 7. The fraction of sp³-hybridized carbons (Fsp3) is 0.250. The van der Waals surface area contributed by atoms with E-state index in [0.717, 1.165) is 33.0 Å². The van der Waals surface area contributed by atoms with Gasteiger partial charge in [-0.1, -0.05) is 48.0 Å². The lowest BCUT2D eigenvalue weighted by atomic mass is 10.1. The number of rotatable bonds is 7. The van der Waals surface area contributed by atoms with Crippen LogP contribution in [0.3, 0.4) is 0 Å². The summed E-state index contributed by atoms with van der Waals surface area (Å²) in [6, 6.07) is 17.5. The molecule has 196 valence electrons. The SMILES string of the molecule is COc1cc(/C=C2/SC(=O)N(CC(=O)N3CCOCC3)C2=O)cc(Cl)c1OCc1ccc2ccccc2c1. The minimum absolute atomic E-state index is 0.202. The molecule has 2 saturated heterocycles. The molecule has 0 unspecified atom stereocenters. The lowest BCUT2D eigenvalue weighted by Crippen LogP contribution is -2.46. The van der Waals surface area contributed by atoms with Gasteiger partial charge in [0.1, 0.15) is 13.2 Å². The summed E-state index contributed by atoms with van der Waals surface area (Å²) < 4.78 is 16.8.